The first kappa shape index (κ1) is 19.5. The minimum Gasteiger partial charge on any atom is -0.493 e. The third-order valence-corrected chi connectivity index (χ3v) is 4.78. The number of rotatable bonds is 6. The molecule has 0 saturated heterocycles. The van der Waals surface area contributed by atoms with Crippen molar-refractivity contribution in [2.75, 3.05) is 25.8 Å². The maximum absolute atomic E-state index is 12.6. The number of hydrogen-bond donors (Lipinski definition) is 1. The Labute approximate surface area is 153 Å². The first-order valence-corrected chi connectivity index (χ1v) is 9.69. The van der Waals surface area contributed by atoms with Crippen molar-refractivity contribution in [2.45, 2.75) is 11.8 Å². The summed E-state index contributed by atoms with van der Waals surface area (Å²) < 4.78 is 33.7. The second kappa shape index (κ2) is 8.05. The van der Waals surface area contributed by atoms with E-state index < -0.39 is 9.84 Å². The molecule has 138 valence electrons. The van der Waals surface area contributed by atoms with Crippen molar-refractivity contribution in [3.05, 3.63) is 53.6 Å². The number of carbonyl (C=O) groups excluding carboxylic acids is 1. The standard InChI is InChI=1S/C19H21NO5S/c1-5-6-13-11-14(12-17(24-2)18(13)25-3)19(21)20-15-7-9-16(10-8-15)26(4,22)23/h5-12H,1-4H3,(H,20,21)/b6-5-. The van der Waals surface area contributed by atoms with E-state index in [1.165, 1.54) is 26.4 Å². The molecule has 6 nitrogen and oxygen atoms in total. The number of ether oxygens (including phenoxy) is 2. The average Bonchev–Trinajstić information content (AvgIpc) is 2.60. The zero-order valence-corrected chi connectivity index (χ0v) is 15.9. The van der Waals surface area contributed by atoms with Crippen molar-refractivity contribution in [1.29, 1.82) is 0 Å². The molecule has 0 atom stereocenters. The molecule has 0 aliphatic heterocycles. The highest BCUT2D eigenvalue weighted by molar-refractivity contribution is 7.90. The van der Waals surface area contributed by atoms with Crippen molar-refractivity contribution in [3.8, 4) is 11.5 Å². The quantitative estimate of drug-likeness (QED) is 0.837. The molecule has 2 aromatic rings. The number of methoxy groups -OCH3 is 2. The van der Waals surface area contributed by atoms with Gasteiger partial charge in [0.1, 0.15) is 0 Å². The number of hydrogen-bond acceptors (Lipinski definition) is 5. The lowest BCUT2D eigenvalue weighted by atomic mass is 10.1. The monoisotopic (exact) mass is 375 g/mol. The predicted molar refractivity (Wildman–Crippen MR) is 102 cm³/mol. The van der Waals surface area contributed by atoms with Crippen molar-refractivity contribution in [2.24, 2.45) is 0 Å². The van der Waals surface area contributed by atoms with Gasteiger partial charge in [0.15, 0.2) is 21.3 Å². The van der Waals surface area contributed by atoms with Gasteiger partial charge in [-0.05, 0) is 43.3 Å². The third kappa shape index (κ3) is 4.43. The summed E-state index contributed by atoms with van der Waals surface area (Å²) in [5, 5.41) is 2.74. The summed E-state index contributed by atoms with van der Waals surface area (Å²) in [6.45, 7) is 1.86. The molecule has 0 spiro atoms. The molecule has 1 amide bonds. The van der Waals surface area contributed by atoms with Gasteiger partial charge in [-0.2, -0.15) is 0 Å². The van der Waals surface area contributed by atoms with E-state index in [0.717, 1.165) is 6.26 Å². The normalized spacial score (nSPS) is 11.4. The topological polar surface area (TPSA) is 81.7 Å². The summed E-state index contributed by atoms with van der Waals surface area (Å²) in [5.41, 5.74) is 1.60. The Balaban J connectivity index is 2.33. The largest absolute Gasteiger partial charge is 0.493 e. The first-order chi connectivity index (χ1) is 12.3. The van der Waals surface area contributed by atoms with E-state index in [1.54, 1.807) is 24.3 Å². The molecule has 0 bridgehead atoms. The Kier molecular flexibility index (Phi) is 6.05. The van der Waals surface area contributed by atoms with Crippen molar-refractivity contribution >= 4 is 27.5 Å². The molecule has 0 saturated carbocycles. The van der Waals surface area contributed by atoms with Crippen LogP contribution in [0.3, 0.4) is 0 Å². The number of nitrogens with one attached hydrogen (secondary N) is 1. The molecular formula is C19H21NO5S. The Hall–Kier alpha value is -2.80. The van der Waals surface area contributed by atoms with Gasteiger partial charge in [0.2, 0.25) is 0 Å². The van der Waals surface area contributed by atoms with Crippen LogP contribution in [0.5, 0.6) is 11.5 Å². The van der Waals surface area contributed by atoms with Crippen LogP contribution in [0.25, 0.3) is 6.08 Å². The van der Waals surface area contributed by atoms with Gasteiger partial charge in [-0.1, -0.05) is 12.2 Å². The molecule has 0 fully saturated rings. The zero-order valence-electron chi connectivity index (χ0n) is 15.1. The minimum atomic E-state index is -3.28. The van der Waals surface area contributed by atoms with Crippen LogP contribution in [0.2, 0.25) is 0 Å². The maximum atomic E-state index is 12.6. The molecule has 0 radical (unpaired) electrons. The van der Waals surface area contributed by atoms with Gasteiger partial charge in [0.25, 0.3) is 5.91 Å². The Morgan fingerprint density at radius 3 is 2.23 bits per heavy atom. The molecule has 0 aliphatic carbocycles. The van der Waals surface area contributed by atoms with Gasteiger partial charge < -0.3 is 14.8 Å². The van der Waals surface area contributed by atoms with Crippen LogP contribution in [0.1, 0.15) is 22.8 Å². The lowest BCUT2D eigenvalue weighted by Gasteiger charge is -2.13. The van der Waals surface area contributed by atoms with E-state index in [4.69, 9.17) is 9.47 Å². The summed E-state index contributed by atoms with van der Waals surface area (Å²) in [6, 6.07) is 9.27. The van der Waals surface area contributed by atoms with Crippen LogP contribution < -0.4 is 14.8 Å². The van der Waals surface area contributed by atoms with Crippen LogP contribution in [0.4, 0.5) is 5.69 Å². The van der Waals surface area contributed by atoms with Crippen LogP contribution >= 0.6 is 0 Å². The smallest absolute Gasteiger partial charge is 0.255 e. The highest BCUT2D eigenvalue weighted by Crippen LogP contribution is 2.33. The van der Waals surface area contributed by atoms with Crippen LogP contribution in [-0.2, 0) is 9.84 Å². The predicted octanol–water partition coefficient (Wildman–Crippen LogP) is 3.39. The fourth-order valence-electron chi connectivity index (χ4n) is 2.42. The number of carbonyl (C=O) groups is 1. The molecule has 7 heteroatoms. The van der Waals surface area contributed by atoms with E-state index in [-0.39, 0.29) is 10.8 Å². The van der Waals surface area contributed by atoms with Crippen molar-refractivity contribution in [3.63, 3.8) is 0 Å². The second-order valence-electron chi connectivity index (χ2n) is 5.55. The number of allylic oxidation sites excluding steroid dienone is 1. The van der Waals surface area contributed by atoms with E-state index in [9.17, 15) is 13.2 Å². The third-order valence-electron chi connectivity index (χ3n) is 3.66. The maximum Gasteiger partial charge on any atom is 0.255 e. The van der Waals surface area contributed by atoms with E-state index in [1.807, 2.05) is 19.1 Å². The number of benzene rings is 2. The summed E-state index contributed by atoms with van der Waals surface area (Å²) >= 11 is 0. The van der Waals surface area contributed by atoms with Gasteiger partial charge in [0.05, 0.1) is 19.1 Å². The summed E-state index contributed by atoms with van der Waals surface area (Å²) in [7, 11) is -0.241. The van der Waals surface area contributed by atoms with Crippen LogP contribution in [0, 0.1) is 0 Å². The number of sulfone groups is 1. The molecule has 2 rings (SSSR count). The zero-order chi connectivity index (χ0) is 19.3. The molecule has 0 heterocycles. The number of anilines is 1. The highest BCUT2D eigenvalue weighted by Gasteiger charge is 2.15. The van der Waals surface area contributed by atoms with Crippen LogP contribution in [-0.4, -0.2) is 34.8 Å². The fraction of sp³-hybridized carbons (Fsp3) is 0.211. The fourth-order valence-corrected chi connectivity index (χ4v) is 3.05. The molecule has 0 aliphatic rings. The lowest BCUT2D eigenvalue weighted by Crippen LogP contribution is -2.13. The summed E-state index contributed by atoms with van der Waals surface area (Å²) in [6.07, 6.45) is 4.79. The van der Waals surface area contributed by atoms with E-state index >= 15 is 0 Å². The van der Waals surface area contributed by atoms with Crippen molar-refractivity contribution < 1.29 is 22.7 Å². The van der Waals surface area contributed by atoms with Crippen LogP contribution in [0.15, 0.2) is 47.4 Å². The molecule has 0 aromatic heterocycles. The van der Waals surface area contributed by atoms with Gasteiger partial charge in [0, 0.05) is 23.1 Å². The Morgan fingerprint density at radius 1 is 1.08 bits per heavy atom. The molecule has 26 heavy (non-hydrogen) atoms. The second-order valence-corrected chi connectivity index (χ2v) is 7.57. The molecule has 0 unspecified atom stereocenters. The summed E-state index contributed by atoms with van der Waals surface area (Å²) in [5.74, 6) is 0.643. The number of amides is 1. The van der Waals surface area contributed by atoms with E-state index in [2.05, 4.69) is 5.32 Å². The first-order valence-electron chi connectivity index (χ1n) is 7.80. The lowest BCUT2D eigenvalue weighted by molar-refractivity contribution is 0.102. The van der Waals surface area contributed by atoms with Gasteiger partial charge in [-0.3, -0.25) is 4.79 Å². The molecular weight excluding hydrogens is 354 g/mol. The van der Waals surface area contributed by atoms with Gasteiger partial charge >= 0.3 is 0 Å². The summed E-state index contributed by atoms with van der Waals surface area (Å²) in [4.78, 5) is 12.8. The average molecular weight is 375 g/mol. The van der Waals surface area contributed by atoms with Crippen molar-refractivity contribution in [1.82, 2.24) is 0 Å². The van der Waals surface area contributed by atoms with Gasteiger partial charge in [-0.15, -0.1) is 0 Å². The molecule has 2 aromatic carbocycles. The Morgan fingerprint density at radius 2 is 1.73 bits per heavy atom. The van der Waals surface area contributed by atoms with E-state index in [0.29, 0.717) is 28.3 Å². The molecule has 1 N–H and O–H groups in total. The van der Waals surface area contributed by atoms with Gasteiger partial charge in [-0.25, -0.2) is 8.42 Å². The highest BCUT2D eigenvalue weighted by atomic mass is 32.2. The minimum absolute atomic E-state index is 0.192. The Bertz CT molecular complexity index is 931. The SMILES string of the molecule is C/C=C\c1cc(C(=O)Nc2ccc(S(C)(=O)=O)cc2)cc(OC)c1OC.